The molecule has 0 spiro atoms. The van der Waals surface area contributed by atoms with E-state index in [4.69, 9.17) is 4.42 Å². The molecule has 1 heterocycles. The molecule has 100 valence electrons. The highest BCUT2D eigenvalue weighted by Crippen LogP contribution is 2.26. The molecule has 0 saturated heterocycles. The zero-order valence-corrected chi connectivity index (χ0v) is 10.8. The fourth-order valence-corrected chi connectivity index (χ4v) is 2.12. The van der Waals surface area contributed by atoms with Gasteiger partial charge in [0.1, 0.15) is 11.4 Å². The first-order chi connectivity index (χ1) is 9.63. The van der Waals surface area contributed by atoms with Gasteiger partial charge in [-0.25, -0.2) is 9.18 Å². The van der Waals surface area contributed by atoms with Crippen molar-refractivity contribution in [3.05, 3.63) is 70.3 Å². The minimum Gasteiger partial charge on any atom is -0.422 e. The van der Waals surface area contributed by atoms with Crippen LogP contribution in [0, 0.1) is 12.7 Å². The van der Waals surface area contributed by atoms with E-state index in [9.17, 15) is 9.18 Å². The van der Waals surface area contributed by atoms with Crippen LogP contribution >= 0.6 is 0 Å². The molecule has 0 aliphatic carbocycles. The van der Waals surface area contributed by atoms with Gasteiger partial charge in [0.05, 0.1) is 5.69 Å². The summed E-state index contributed by atoms with van der Waals surface area (Å²) in [6.07, 6.45) is 0. The van der Waals surface area contributed by atoms with E-state index in [0.29, 0.717) is 17.0 Å². The first-order valence-corrected chi connectivity index (χ1v) is 6.19. The summed E-state index contributed by atoms with van der Waals surface area (Å²) >= 11 is 0. The zero-order valence-electron chi connectivity index (χ0n) is 10.8. The van der Waals surface area contributed by atoms with Gasteiger partial charge in [-0.2, -0.15) is 0 Å². The van der Waals surface area contributed by atoms with Crippen LogP contribution in [0.3, 0.4) is 0 Å². The Morgan fingerprint density at radius 2 is 1.85 bits per heavy atom. The van der Waals surface area contributed by atoms with Gasteiger partial charge >= 0.3 is 5.63 Å². The van der Waals surface area contributed by atoms with E-state index in [1.165, 1.54) is 18.2 Å². The number of aryl methyl sites for hydroxylation is 1. The van der Waals surface area contributed by atoms with Crippen LogP contribution in [0.25, 0.3) is 11.0 Å². The lowest BCUT2D eigenvalue weighted by Gasteiger charge is -2.09. The third kappa shape index (κ3) is 2.28. The lowest BCUT2D eigenvalue weighted by Crippen LogP contribution is -2.01. The van der Waals surface area contributed by atoms with Crippen LogP contribution in [0.4, 0.5) is 15.8 Å². The van der Waals surface area contributed by atoms with E-state index >= 15 is 0 Å². The first kappa shape index (κ1) is 12.4. The van der Waals surface area contributed by atoms with Crippen LogP contribution in [0.2, 0.25) is 0 Å². The summed E-state index contributed by atoms with van der Waals surface area (Å²) in [5, 5.41) is 3.93. The maximum absolute atomic E-state index is 12.9. The number of halogens is 1. The Hall–Kier alpha value is -2.62. The molecule has 1 N–H and O–H groups in total. The second-order valence-corrected chi connectivity index (χ2v) is 4.56. The van der Waals surface area contributed by atoms with E-state index < -0.39 is 5.63 Å². The number of hydrogen-bond donors (Lipinski definition) is 1. The van der Waals surface area contributed by atoms with Crippen molar-refractivity contribution in [1.29, 1.82) is 0 Å². The smallest absolute Gasteiger partial charge is 0.338 e. The SMILES string of the molecule is Cc1cccc2c(Nc3ccc(F)cc3)cc(=O)oc12. The summed E-state index contributed by atoms with van der Waals surface area (Å²) in [4.78, 5) is 11.6. The van der Waals surface area contributed by atoms with Gasteiger partial charge in [-0.15, -0.1) is 0 Å². The van der Waals surface area contributed by atoms with Crippen LogP contribution in [-0.2, 0) is 0 Å². The van der Waals surface area contributed by atoms with Crippen molar-refractivity contribution in [3.63, 3.8) is 0 Å². The van der Waals surface area contributed by atoms with Gasteiger partial charge in [-0.1, -0.05) is 12.1 Å². The maximum Gasteiger partial charge on any atom is 0.338 e. The van der Waals surface area contributed by atoms with Crippen LogP contribution in [0.5, 0.6) is 0 Å². The van der Waals surface area contributed by atoms with E-state index in [0.717, 1.165) is 10.9 Å². The highest BCUT2D eigenvalue weighted by atomic mass is 19.1. The minimum atomic E-state index is -0.420. The van der Waals surface area contributed by atoms with Crippen molar-refractivity contribution >= 4 is 22.3 Å². The number of para-hydroxylation sites is 1. The molecule has 0 saturated carbocycles. The normalized spacial score (nSPS) is 10.7. The number of fused-ring (bicyclic) bond motifs is 1. The van der Waals surface area contributed by atoms with Crippen LogP contribution in [0.15, 0.2) is 57.7 Å². The van der Waals surface area contributed by atoms with Gasteiger partial charge < -0.3 is 9.73 Å². The standard InChI is InChI=1S/C16H12FNO2/c1-10-3-2-4-13-14(9-15(19)20-16(10)13)18-12-7-5-11(17)6-8-12/h2-9,18H,1H3. The number of anilines is 2. The predicted octanol–water partition coefficient (Wildman–Crippen LogP) is 3.98. The maximum atomic E-state index is 12.9. The van der Waals surface area contributed by atoms with Crippen molar-refractivity contribution < 1.29 is 8.81 Å². The van der Waals surface area contributed by atoms with Crippen molar-refractivity contribution in [3.8, 4) is 0 Å². The highest BCUT2D eigenvalue weighted by Gasteiger charge is 2.07. The molecule has 20 heavy (non-hydrogen) atoms. The van der Waals surface area contributed by atoms with Crippen molar-refractivity contribution in [2.75, 3.05) is 5.32 Å². The molecule has 0 bridgehead atoms. The van der Waals surface area contributed by atoms with E-state index in [2.05, 4.69) is 5.32 Å². The van der Waals surface area contributed by atoms with Gasteiger partial charge in [0.15, 0.2) is 0 Å². The number of benzene rings is 2. The average Bonchev–Trinajstić information content (AvgIpc) is 2.42. The molecule has 2 aromatic carbocycles. The molecule has 3 nitrogen and oxygen atoms in total. The summed E-state index contributed by atoms with van der Waals surface area (Å²) < 4.78 is 18.1. The fourth-order valence-electron chi connectivity index (χ4n) is 2.12. The lowest BCUT2D eigenvalue weighted by atomic mass is 10.1. The second-order valence-electron chi connectivity index (χ2n) is 4.56. The second kappa shape index (κ2) is 4.81. The third-order valence-corrected chi connectivity index (χ3v) is 3.09. The minimum absolute atomic E-state index is 0.302. The topological polar surface area (TPSA) is 42.2 Å². The Balaban J connectivity index is 2.13. The fraction of sp³-hybridized carbons (Fsp3) is 0.0625. The number of rotatable bonds is 2. The highest BCUT2D eigenvalue weighted by molar-refractivity contribution is 5.93. The molecule has 1 aromatic heterocycles. The first-order valence-electron chi connectivity index (χ1n) is 6.19. The Labute approximate surface area is 114 Å². The molecule has 3 aromatic rings. The quantitative estimate of drug-likeness (QED) is 0.715. The molecule has 0 unspecified atom stereocenters. The van der Waals surface area contributed by atoms with Crippen LogP contribution < -0.4 is 10.9 Å². The Morgan fingerprint density at radius 1 is 1.10 bits per heavy atom. The van der Waals surface area contributed by atoms with Crippen molar-refractivity contribution in [2.24, 2.45) is 0 Å². The summed E-state index contributed by atoms with van der Waals surface area (Å²) in [6.45, 7) is 1.88. The summed E-state index contributed by atoms with van der Waals surface area (Å²) in [5.74, 6) is -0.302. The van der Waals surface area contributed by atoms with Crippen molar-refractivity contribution in [2.45, 2.75) is 6.92 Å². The van der Waals surface area contributed by atoms with E-state index in [1.807, 2.05) is 25.1 Å². The Kier molecular flexibility index (Phi) is 2.99. The molecule has 0 amide bonds. The third-order valence-electron chi connectivity index (χ3n) is 3.09. The average molecular weight is 269 g/mol. The monoisotopic (exact) mass is 269 g/mol. The Morgan fingerprint density at radius 3 is 2.60 bits per heavy atom. The van der Waals surface area contributed by atoms with Gasteiger partial charge in [0.25, 0.3) is 0 Å². The van der Waals surface area contributed by atoms with Crippen LogP contribution in [-0.4, -0.2) is 0 Å². The van der Waals surface area contributed by atoms with Gasteiger partial charge in [0, 0.05) is 17.1 Å². The molecule has 0 aliphatic heterocycles. The van der Waals surface area contributed by atoms with E-state index in [1.54, 1.807) is 12.1 Å². The molecule has 3 rings (SSSR count). The van der Waals surface area contributed by atoms with Gasteiger partial charge in [0.2, 0.25) is 0 Å². The largest absolute Gasteiger partial charge is 0.422 e. The predicted molar refractivity (Wildman–Crippen MR) is 76.9 cm³/mol. The zero-order chi connectivity index (χ0) is 14.1. The van der Waals surface area contributed by atoms with Gasteiger partial charge in [-0.3, -0.25) is 0 Å². The van der Waals surface area contributed by atoms with Gasteiger partial charge in [-0.05, 0) is 42.8 Å². The number of hydrogen-bond acceptors (Lipinski definition) is 3. The molecular formula is C16H12FNO2. The van der Waals surface area contributed by atoms with E-state index in [-0.39, 0.29) is 5.82 Å². The van der Waals surface area contributed by atoms with Crippen LogP contribution in [0.1, 0.15) is 5.56 Å². The molecule has 4 heteroatoms. The van der Waals surface area contributed by atoms with Crippen molar-refractivity contribution in [1.82, 2.24) is 0 Å². The molecule has 0 radical (unpaired) electrons. The summed E-state index contributed by atoms with van der Waals surface area (Å²) in [5.41, 5.74) is 2.38. The molecule has 0 fully saturated rings. The molecular weight excluding hydrogens is 257 g/mol. The summed E-state index contributed by atoms with van der Waals surface area (Å²) in [7, 11) is 0. The molecule has 0 aliphatic rings. The number of nitrogens with one attached hydrogen (secondary N) is 1. The lowest BCUT2D eigenvalue weighted by molar-refractivity contribution is 0.559. The Bertz CT molecular complexity index is 822. The summed E-state index contributed by atoms with van der Waals surface area (Å²) in [6, 6.07) is 13.0. The molecule has 0 atom stereocenters.